The summed E-state index contributed by atoms with van der Waals surface area (Å²) in [7, 11) is 0. The molecule has 0 amide bonds. The molecular formula is C13H27NO. The van der Waals surface area contributed by atoms with E-state index in [1.165, 1.54) is 19.4 Å². The molecule has 1 N–H and O–H groups in total. The maximum Gasteiger partial charge on any atom is 0.0480 e. The van der Waals surface area contributed by atoms with Crippen LogP contribution in [0.15, 0.2) is 0 Å². The lowest BCUT2D eigenvalue weighted by Gasteiger charge is -2.29. The first-order chi connectivity index (χ1) is 7.11. The van der Waals surface area contributed by atoms with Crippen molar-refractivity contribution in [1.82, 2.24) is 5.32 Å². The highest BCUT2D eigenvalue weighted by Crippen LogP contribution is 2.20. The van der Waals surface area contributed by atoms with Crippen molar-refractivity contribution in [2.75, 3.05) is 19.8 Å². The summed E-state index contributed by atoms with van der Waals surface area (Å²) in [6.45, 7) is 12.4. The summed E-state index contributed by atoms with van der Waals surface area (Å²) in [6.07, 6.45) is 2.37. The van der Waals surface area contributed by atoms with Crippen LogP contribution in [0.2, 0.25) is 0 Å². The molecule has 0 aromatic rings. The Kier molecular flexibility index (Phi) is 5.62. The molecule has 90 valence electrons. The van der Waals surface area contributed by atoms with Crippen molar-refractivity contribution in [3.63, 3.8) is 0 Å². The molecule has 1 aliphatic rings. The average Bonchev–Trinajstić information content (AvgIpc) is 2.18. The Morgan fingerprint density at radius 1 is 1.07 bits per heavy atom. The summed E-state index contributed by atoms with van der Waals surface area (Å²) in [6, 6.07) is 0.693. The Balaban J connectivity index is 2.26. The number of hydrogen-bond donors (Lipinski definition) is 1. The standard InChI is InChI=1S/C13H27NO/c1-10(2)13(11(3)4)9-14-12-5-7-15-8-6-12/h10-14H,5-9H2,1-4H3. The molecular weight excluding hydrogens is 186 g/mol. The predicted molar refractivity (Wildman–Crippen MR) is 65.0 cm³/mol. The van der Waals surface area contributed by atoms with E-state index in [0.717, 1.165) is 31.0 Å². The van der Waals surface area contributed by atoms with Gasteiger partial charge in [-0.2, -0.15) is 0 Å². The fraction of sp³-hybridized carbons (Fsp3) is 1.00. The van der Waals surface area contributed by atoms with E-state index < -0.39 is 0 Å². The normalized spacial score (nSPS) is 19.4. The van der Waals surface area contributed by atoms with E-state index >= 15 is 0 Å². The van der Waals surface area contributed by atoms with Crippen LogP contribution in [0.25, 0.3) is 0 Å². The Morgan fingerprint density at radius 2 is 1.60 bits per heavy atom. The maximum absolute atomic E-state index is 5.36. The van der Waals surface area contributed by atoms with Gasteiger partial charge in [-0.15, -0.1) is 0 Å². The zero-order valence-corrected chi connectivity index (χ0v) is 10.8. The molecule has 1 fully saturated rings. The molecule has 0 atom stereocenters. The van der Waals surface area contributed by atoms with E-state index in [4.69, 9.17) is 4.74 Å². The van der Waals surface area contributed by atoms with Gasteiger partial charge >= 0.3 is 0 Å². The molecule has 0 aromatic carbocycles. The SMILES string of the molecule is CC(C)C(CNC1CCOCC1)C(C)C. The minimum Gasteiger partial charge on any atom is -0.381 e. The van der Waals surface area contributed by atoms with E-state index in [-0.39, 0.29) is 0 Å². The Bertz CT molecular complexity index is 154. The molecule has 0 aromatic heterocycles. The van der Waals surface area contributed by atoms with Gasteiger partial charge in [-0.3, -0.25) is 0 Å². The lowest BCUT2D eigenvalue weighted by Crippen LogP contribution is -2.39. The minimum atomic E-state index is 0.693. The first kappa shape index (κ1) is 13.0. The Morgan fingerprint density at radius 3 is 2.07 bits per heavy atom. The molecule has 2 nitrogen and oxygen atoms in total. The first-order valence-electron chi connectivity index (χ1n) is 6.42. The number of nitrogens with one attached hydrogen (secondary N) is 1. The minimum absolute atomic E-state index is 0.693. The Labute approximate surface area is 94.8 Å². The third-order valence-corrected chi connectivity index (χ3v) is 3.58. The zero-order valence-electron chi connectivity index (χ0n) is 10.8. The van der Waals surface area contributed by atoms with Gasteiger partial charge in [0.1, 0.15) is 0 Å². The third-order valence-electron chi connectivity index (χ3n) is 3.58. The van der Waals surface area contributed by atoms with Crippen molar-refractivity contribution in [3.8, 4) is 0 Å². The second-order valence-corrected chi connectivity index (χ2v) is 5.45. The van der Waals surface area contributed by atoms with Gasteiger partial charge in [-0.25, -0.2) is 0 Å². The maximum atomic E-state index is 5.36. The van der Waals surface area contributed by atoms with Crippen LogP contribution in [-0.4, -0.2) is 25.8 Å². The second kappa shape index (κ2) is 6.49. The number of rotatable bonds is 5. The molecule has 15 heavy (non-hydrogen) atoms. The van der Waals surface area contributed by atoms with E-state index in [9.17, 15) is 0 Å². The Hall–Kier alpha value is -0.0800. The lowest BCUT2D eigenvalue weighted by molar-refractivity contribution is 0.0752. The molecule has 0 saturated carbocycles. The predicted octanol–water partition coefficient (Wildman–Crippen LogP) is 2.68. The van der Waals surface area contributed by atoms with Crippen molar-refractivity contribution in [2.45, 2.75) is 46.6 Å². The van der Waals surface area contributed by atoms with Gasteiger partial charge < -0.3 is 10.1 Å². The fourth-order valence-corrected chi connectivity index (χ4v) is 2.45. The first-order valence-corrected chi connectivity index (χ1v) is 6.42. The second-order valence-electron chi connectivity index (χ2n) is 5.45. The fourth-order valence-electron chi connectivity index (χ4n) is 2.45. The van der Waals surface area contributed by atoms with Crippen LogP contribution in [0.4, 0.5) is 0 Å². The van der Waals surface area contributed by atoms with Crippen molar-refractivity contribution in [3.05, 3.63) is 0 Å². The molecule has 1 aliphatic heterocycles. The number of hydrogen-bond acceptors (Lipinski definition) is 2. The van der Waals surface area contributed by atoms with Crippen LogP contribution in [0.3, 0.4) is 0 Å². The molecule has 1 saturated heterocycles. The molecule has 1 heterocycles. The van der Waals surface area contributed by atoms with Crippen LogP contribution in [-0.2, 0) is 4.74 Å². The van der Waals surface area contributed by atoms with Crippen molar-refractivity contribution >= 4 is 0 Å². The monoisotopic (exact) mass is 213 g/mol. The van der Waals surface area contributed by atoms with E-state index in [0.29, 0.717) is 6.04 Å². The average molecular weight is 213 g/mol. The van der Waals surface area contributed by atoms with Crippen molar-refractivity contribution < 1.29 is 4.74 Å². The van der Waals surface area contributed by atoms with Crippen LogP contribution in [0.1, 0.15) is 40.5 Å². The third kappa shape index (κ3) is 4.52. The van der Waals surface area contributed by atoms with Crippen LogP contribution >= 0.6 is 0 Å². The molecule has 1 rings (SSSR count). The van der Waals surface area contributed by atoms with Gasteiger partial charge in [0.15, 0.2) is 0 Å². The molecule has 0 bridgehead atoms. The van der Waals surface area contributed by atoms with Crippen LogP contribution in [0.5, 0.6) is 0 Å². The molecule has 2 heteroatoms. The van der Waals surface area contributed by atoms with Crippen LogP contribution in [0, 0.1) is 17.8 Å². The van der Waals surface area contributed by atoms with Crippen LogP contribution < -0.4 is 5.32 Å². The summed E-state index contributed by atoms with van der Waals surface area (Å²) in [5.74, 6) is 2.35. The highest BCUT2D eigenvalue weighted by atomic mass is 16.5. The molecule has 0 unspecified atom stereocenters. The van der Waals surface area contributed by atoms with Crippen molar-refractivity contribution in [2.24, 2.45) is 17.8 Å². The van der Waals surface area contributed by atoms with E-state index in [1.807, 2.05) is 0 Å². The smallest absolute Gasteiger partial charge is 0.0480 e. The van der Waals surface area contributed by atoms with Gasteiger partial charge in [0.05, 0.1) is 0 Å². The largest absolute Gasteiger partial charge is 0.381 e. The van der Waals surface area contributed by atoms with Crippen molar-refractivity contribution in [1.29, 1.82) is 0 Å². The summed E-state index contributed by atoms with van der Waals surface area (Å²) < 4.78 is 5.36. The van der Waals surface area contributed by atoms with Gasteiger partial charge in [-0.05, 0) is 37.1 Å². The molecule has 0 spiro atoms. The zero-order chi connectivity index (χ0) is 11.3. The van der Waals surface area contributed by atoms with Gasteiger partial charge in [0.25, 0.3) is 0 Å². The van der Waals surface area contributed by atoms with E-state index in [1.54, 1.807) is 0 Å². The van der Waals surface area contributed by atoms with E-state index in [2.05, 4.69) is 33.0 Å². The molecule has 0 aliphatic carbocycles. The van der Waals surface area contributed by atoms with Gasteiger partial charge in [0.2, 0.25) is 0 Å². The summed E-state index contributed by atoms with van der Waals surface area (Å²) in [4.78, 5) is 0. The summed E-state index contributed by atoms with van der Waals surface area (Å²) in [5, 5.41) is 3.70. The molecule has 0 radical (unpaired) electrons. The van der Waals surface area contributed by atoms with Gasteiger partial charge in [-0.1, -0.05) is 27.7 Å². The van der Waals surface area contributed by atoms with Gasteiger partial charge in [0, 0.05) is 19.3 Å². The summed E-state index contributed by atoms with van der Waals surface area (Å²) in [5.41, 5.74) is 0. The topological polar surface area (TPSA) is 21.3 Å². The quantitative estimate of drug-likeness (QED) is 0.758. The number of ether oxygens (including phenoxy) is 1. The highest BCUT2D eigenvalue weighted by Gasteiger charge is 2.20. The lowest BCUT2D eigenvalue weighted by atomic mass is 9.85. The summed E-state index contributed by atoms with van der Waals surface area (Å²) >= 11 is 0. The highest BCUT2D eigenvalue weighted by molar-refractivity contribution is 4.75.